The number of rotatable bonds is 5. The van der Waals surface area contributed by atoms with Gasteiger partial charge in [0, 0.05) is 17.3 Å². The Morgan fingerprint density at radius 1 is 0.966 bits per heavy atom. The first-order valence-electron chi connectivity index (χ1n) is 8.97. The third-order valence-corrected chi connectivity index (χ3v) is 6.67. The summed E-state index contributed by atoms with van der Waals surface area (Å²) in [5, 5.41) is 9.76. The molecule has 2 aromatic carbocycles. The lowest BCUT2D eigenvalue weighted by Gasteiger charge is -2.10. The van der Waals surface area contributed by atoms with E-state index in [-0.39, 0.29) is 17.0 Å². The number of hydrogen-bond donors (Lipinski definition) is 1. The summed E-state index contributed by atoms with van der Waals surface area (Å²) in [4.78, 5) is 15.6. The van der Waals surface area contributed by atoms with E-state index in [1.807, 2.05) is 30.3 Å². The molecule has 2 aromatic heterocycles. The Morgan fingerprint density at radius 3 is 2.28 bits per heavy atom. The third-order valence-electron chi connectivity index (χ3n) is 4.87. The first kappa shape index (κ1) is 18.9. The zero-order valence-corrected chi connectivity index (χ0v) is 16.4. The zero-order chi connectivity index (χ0) is 20.6. The van der Waals surface area contributed by atoms with Crippen LogP contribution in [0.5, 0.6) is 0 Å². The Morgan fingerprint density at radius 2 is 1.62 bits per heavy atom. The van der Waals surface area contributed by atoms with Gasteiger partial charge in [0.25, 0.3) is 10.0 Å². The van der Waals surface area contributed by atoms with Crippen LogP contribution in [0.15, 0.2) is 77.8 Å². The molecule has 4 aromatic rings. The van der Waals surface area contributed by atoms with Gasteiger partial charge in [-0.25, -0.2) is 17.4 Å². The standard InChI is InChI=1S/C22H18N2O4S/c1-15-20(14-21(25)26)19-8-5-13-23-22(19)24(15)29(27,28)18-11-9-17(10-12-18)16-6-3-2-4-7-16/h2-13H,14H2,1H3,(H,25,26). The lowest BCUT2D eigenvalue weighted by molar-refractivity contribution is -0.136. The summed E-state index contributed by atoms with van der Waals surface area (Å²) in [6.07, 6.45) is 1.22. The molecule has 0 bridgehead atoms. The van der Waals surface area contributed by atoms with E-state index in [1.165, 1.54) is 6.20 Å². The zero-order valence-electron chi connectivity index (χ0n) is 15.6. The number of benzene rings is 2. The highest BCUT2D eigenvalue weighted by atomic mass is 32.2. The van der Waals surface area contributed by atoms with Crippen LogP contribution in [-0.2, 0) is 21.2 Å². The van der Waals surface area contributed by atoms with Crippen LogP contribution in [0, 0.1) is 6.92 Å². The SMILES string of the molecule is Cc1c(CC(=O)O)c2cccnc2n1S(=O)(=O)c1ccc(-c2ccccc2)cc1. The minimum Gasteiger partial charge on any atom is -0.481 e. The molecule has 4 rings (SSSR count). The van der Waals surface area contributed by atoms with Crippen molar-refractivity contribution in [2.24, 2.45) is 0 Å². The first-order valence-corrected chi connectivity index (χ1v) is 10.4. The topological polar surface area (TPSA) is 89.3 Å². The van der Waals surface area contributed by atoms with E-state index in [1.54, 1.807) is 43.3 Å². The number of nitrogens with zero attached hydrogens (tertiary/aromatic N) is 2. The third kappa shape index (κ3) is 3.30. The van der Waals surface area contributed by atoms with Crippen molar-refractivity contribution in [3.8, 4) is 11.1 Å². The van der Waals surface area contributed by atoms with Gasteiger partial charge < -0.3 is 5.11 Å². The smallest absolute Gasteiger partial charge is 0.307 e. The molecule has 29 heavy (non-hydrogen) atoms. The predicted octanol–water partition coefficient (Wildman–Crippen LogP) is 3.88. The van der Waals surface area contributed by atoms with Crippen molar-refractivity contribution in [1.29, 1.82) is 0 Å². The molecule has 0 aliphatic rings. The molecule has 0 fully saturated rings. The molecule has 0 radical (unpaired) electrons. The maximum Gasteiger partial charge on any atom is 0.307 e. The summed E-state index contributed by atoms with van der Waals surface area (Å²) in [6.45, 7) is 1.61. The van der Waals surface area contributed by atoms with Gasteiger partial charge in [-0.1, -0.05) is 42.5 Å². The van der Waals surface area contributed by atoms with E-state index >= 15 is 0 Å². The van der Waals surface area contributed by atoms with Gasteiger partial charge in [0.1, 0.15) is 0 Å². The largest absolute Gasteiger partial charge is 0.481 e. The fourth-order valence-corrected chi connectivity index (χ4v) is 5.03. The number of pyridine rings is 1. The Labute approximate surface area is 168 Å². The molecule has 6 nitrogen and oxygen atoms in total. The maximum atomic E-state index is 13.4. The quantitative estimate of drug-likeness (QED) is 0.543. The van der Waals surface area contributed by atoms with Gasteiger partial charge in [-0.15, -0.1) is 0 Å². The Balaban J connectivity index is 1.85. The Kier molecular flexibility index (Phi) is 4.68. The number of hydrogen-bond acceptors (Lipinski definition) is 4. The maximum absolute atomic E-state index is 13.4. The summed E-state index contributed by atoms with van der Waals surface area (Å²) in [7, 11) is -3.95. The molecule has 7 heteroatoms. The fourth-order valence-electron chi connectivity index (χ4n) is 3.49. The number of carboxylic acid groups (broad SMARTS) is 1. The minimum absolute atomic E-state index is 0.115. The summed E-state index contributed by atoms with van der Waals surface area (Å²) >= 11 is 0. The molecule has 0 aliphatic carbocycles. The van der Waals surface area contributed by atoms with E-state index in [0.29, 0.717) is 16.6 Å². The van der Waals surface area contributed by atoms with Crippen LogP contribution in [0.3, 0.4) is 0 Å². The normalized spacial score (nSPS) is 11.6. The van der Waals surface area contributed by atoms with Crippen LogP contribution in [0.2, 0.25) is 0 Å². The molecule has 0 aliphatic heterocycles. The molecule has 0 spiro atoms. The minimum atomic E-state index is -3.95. The lowest BCUT2D eigenvalue weighted by Crippen LogP contribution is -2.15. The molecular weight excluding hydrogens is 388 g/mol. The van der Waals surface area contributed by atoms with Crippen LogP contribution in [-0.4, -0.2) is 28.5 Å². The highest BCUT2D eigenvalue weighted by Gasteiger charge is 2.26. The molecule has 0 saturated heterocycles. The Hall–Kier alpha value is -3.45. The molecule has 0 amide bonds. The van der Waals surface area contributed by atoms with Crippen LogP contribution >= 0.6 is 0 Å². The summed E-state index contributed by atoms with van der Waals surface area (Å²) in [5.41, 5.74) is 2.93. The van der Waals surface area contributed by atoms with Crippen molar-refractivity contribution in [1.82, 2.24) is 8.96 Å². The number of carboxylic acids is 1. The molecule has 0 atom stereocenters. The molecule has 2 heterocycles. The molecule has 0 saturated carbocycles. The van der Waals surface area contributed by atoms with Crippen molar-refractivity contribution >= 4 is 27.0 Å². The first-order chi connectivity index (χ1) is 13.9. The molecule has 1 N–H and O–H groups in total. The number of aliphatic carboxylic acids is 1. The van der Waals surface area contributed by atoms with Gasteiger partial charge in [-0.05, 0) is 47.9 Å². The van der Waals surface area contributed by atoms with Crippen LogP contribution in [0.1, 0.15) is 11.3 Å². The van der Waals surface area contributed by atoms with Gasteiger partial charge in [0.05, 0.1) is 11.3 Å². The van der Waals surface area contributed by atoms with Crippen molar-refractivity contribution in [3.05, 3.63) is 84.2 Å². The highest BCUT2D eigenvalue weighted by molar-refractivity contribution is 7.90. The van der Waals surface area contributed by atoms with E-state index in [9.17, 15) is 18.3 Å². The van der Waals surface area contributed by atoms with Gasteiger partial charge in [-0.3, -0.25) is 4.79 Å². The van der Waals surface area contributed by atoms with Gasteiger partial charge >= 0.3 is 5.97 Å². The summed E-state index contributed by atoms with van der Waals surface area (Å²) in [6, 6.07) is 19.7. The van der Waals surface area contributed by atoms with E-state index < -0.39 is 16.0 Å². The number of fused-ring (bicyclic) bond motifs is 1. The van der Waals surface area contributed by atoms with E-state index in [4.69, 9.17) is 0 Å². The lowest BCUT2D eigenvalue weighted by atomic mass is 10.1. The molecule has 0 unspecified atom stereocenters. The summed E-state index contributed by atoms with van der Waals surface area (Å²) < 4.78 is 27.9. The number of aromatic nitrogens is 2. The van der Waals surface area contributed by atoms with Crippen LogP contribution in [0.4, 0.5) is 0 Å². The average Bonchev–Trinajstić information content (AvgIpc) is 3.00. The Bertz CT molecular complexity index is 1310. The van der Waals surface area contributed by atoms with Crippen molar-refractivity contribution in [3.63, 3.8) is 0 Å². The van der Waals surface area contributed by atoms with Crippen LogP contribution in [0.25, 0.3) is 22.2 Å². The second kappa shape index (κ2) is 7.18. The second-order valence-electron chi connectivity index (χ2n) is 6.67. The monoisotopic (exact) mass is 406 g/mol. The fraction of sp³-hybridized carbons (Fsp3) is 0.0909. The molecular formula is C22H18N2O4S. The summed E-state index contributed by atoms with van der Waals surface area (Å²) in [5.74, 6) is -1.03. The van der Waals surface area contributed by atoms with Crippen molar-refractivity contribution in [2.75, 3.05) is 0 Å². The number of carbonyl (C=O) groups is 1. The second-order valence-corrected chi connectivity index (χ2v) is 8.46. The van der Waals surface area contributed by atoms with Crippen LogP contribution < -0.4 is 0 Å². The average molecular weight is 406 g/mol. The van der Waals surface area contributed by atoms with E-state index in [2.05, 4.69) is 4.98 Å². The van der Waals surface area contributed by atoms with Gasteiger partial charge in [0.15, 0.2) is 5.65 Å². The predicted molar refractivity (Wildman–Crippen MR) is 110 cm³/mol. The highest BCUT2D eigenvalue weighted by Crippen LogP contribution is 2.30. The van der Waals surface area contributed by atoms with E-state index in [0.717, 1.165) is 15.1 Å². The molecule has 146 valence electrons. The van der Waals surface area contributed by atoms with Crippen molar-refractivity contribution < 1.29 is 18.3 Å². The van der Waals surface area contributed by atoms with Gasteiger partial charge in [0.2, 0.25) is 0 Å². The van der Waals surface area contributed by atoms with Crippen molar-refractivity contribution in [2.45, 2.75) is 18.2 Å². The van der Waals surface area contributed by atoms with Gasteiger partial charge in [-0.2, -0.15) is 0 Å².